The largest absolute Gasteiger partial charge is 0.496 e. The van der Waals surface area contributed by atoms with Gasteiger partial charge in [0, 0.05) is 43.2 Å². The first-order chi connectivity index (χ1) is 16.9. The number of benzene rings is 2. The van der Waals surface area contributed by atoms with E-state index in [9.17, 15) is 9.59 Å². The number of piperazine rings is 1. The van der Waals surface area contributed by atoms with Crippen LogP contribution in [0.25, 0.3) is 6.08 Å². The molecule has 0 aliphatic carbocycles. The summed E-state index contributed by atoms with van der Waals surface area (Å²) in [5, 5.41) is 3.02. The topological polar surface area (TPSA) is 72.0 Å². The van der Waals surface area contributed by atoms with Gasteiger partial charge in [-0.15, -0.1) is 11.3 Å². The minimum Gasteiger partial charge on any atom is -0.496 e. The molecule has 7 nitrogen and oxygen atoms in total. The minimum atomic E-state index is -0.0617. The second-order valence-corrected chi connectivity index (χ2v) is 9.41. The van der Waals surface area contributed by atoms with E-state index >= 15 is 0 Å². The van der Waals surface area contributed by atoms with Gasteiger partial charge in [0.25, 0.3) is 5.91 Å². The van der Waals surface area contributed by atoms with Gasteiger partial charge in [0.1, 0.15) is 18.1 Å². The van der Waals surface area contributed by atoms with E-state index in [-0.39, 0.29) is 11.8 Å². The van der Waals surface area contributed by atoms with Gasteiger partial charge in [-0.2, -0.15) is 0 Å². The third-order valence-electron chi connectivity index (χ3n) is 5.89. The Morgan fingerprint density at radius 3 is 2.40 bits per heavy atom. The smallest absolute Gasteiger partial charge is 0.254 e. The molecule has 1 fully saturated rings. The number of thiazole rings is 1. The maximum absolute atomic E-state index is 12.9. The number of carbonyl (C=O) groups is 2. The molecule has 0 unspecified atom stereocenters. The van der Waals surface area contributed by atoms with Crippen LogP contribution in [0.5, 0.6) is 11.5 Å². The van der Waals surface area contributed by atoms with Crippen LogP contribution in [0.4, 0.5) is 0 Å². The van der Waals surface area contributed by atoms with Crippen LogP contribution in [0.3, 0.4) is 0 Å². The average molecular weight is 492 g/mol. The molecule has 1 aromatic heterocycles. The van der Waals surface area contributed by atoms with Crippen molar-refractivity contribution in [1.29, 1.82) is 0 Å². The van der Waals surface area contributed by atoms with Crippen LogP contribution in [-0.4, -0.2) is 59.9 Å². The lowest BCUT2D eigenvalue weighted by Gasteiger charge is -2.34. The molecule has 0 spiro atoms. The predicted octanol–water partition coefficient (Wildman–Crippen LogP) is 4.35. The van der Waals surface area contributed by atoms with Crippen molar-refractivity contribution in [3.63, 3.8) is 0 Å². The molecule has 1 saturated heterocycles. The van der Waals surface area contributed by atoms with E-state index in [2.05, 4.69) is 4.98 Å². The average Bonchev–Trinajstić information content (AvgIpc) is 3.31. The van der Waals surface area contributed by atoms with Gasteiger partial charge in [0.2, 0.25) is 5.91 Å². The molecule has 2 amide bonds. The molecule has 1 aliphatic rings. The lowest BCUT2D eigenvalue weighted by atomic mass is 10.1. The van der Waals surface area contributed by atoms with Gasteiger partial charge >= 0.3 is 0 Å². The van der Waals surface area contributed by atoms with Gasteiger partial charge in [-0.3, -0.25) is 9.59 Å². The maximum Gasteiger partial charge on any atom is 0.254 e. The Labute approximate surface area is 209 Å². The number of nitrogens with zero attached hydrogens (tertiary/aromatic N) is 3. The first kappa shape index (κ1) is 24.5. The molecule has 0 bridgehead atoms. The van der Waals surface area contributed by atoms with E-state index in [0.717, 1.165) is 27.6 Å². The van der Waals surface area contributed by atoms with Crippen LogP contribution >= 0.6 is 11.3 Å². The monoisotopic (exact) mass is 491 g/mol. The van der Waals surface area contributed by atoms with Crippen molar-refractivity contribution in [3.05, 3.63) is 81.3 Å². The molecule has 3 aromatic rings. The zero-order valence-electron chi connectivity index (χ0n) is 20.2. The highest BCUT2D eigenvalue weighted by atomic mass is 32.1. The second kappa shape index (κ2) is 11.2. The fourth-order valence-corrected chi connectivity index (χ4v) is 4.44. The summed E-state index contributed by atoms with van der Waals surface area (Å²) < 4.78 is 11.1. The molecule has 182 valence electrons. The number of carbonyl (C=O) groups excluding carboxylic acids is 2. The number of amides is 2. The fourth-order valence-electron chi connectivity index (χ4n) is 3.85. The van der Waals surface area contributed by atoms with Crippen LogP contribution in [0, 0.1) is 13.8 Å². The van der Waals surface area contributed by atoms with E-state index in [1.54, 1.807) is 46.5 Å². The standard InChI is InChI=1S/C27H29N3O4S/c1-19-4-8-22(16-25(19)33-3)27(32)30-14-12-29(13-15-30)26(31)11-7-21-5-9-24(10-6-21)34-17-23-18-35-20(2)28-23/h4-11,16,18H,12-15,17H2,1-3H3/b11-7+. The van der Waals surface area contributed by atoms with Gasteiger partial charge in [-0.25, -0.2) is 4.98 Å². The summed E-state index contributed by atoms with van der Waals surface area (Å²) in [5.74, 6) is 1.35. The molecule has 0 N–H and O–H groups in total. The van der Waals surface area contributed by atoms with Crippen LogP contribution < -0.4 is 9.47 Å². The molecule has 2 heterocycles. The molecule has 0 saturated carbocycles. The quantitative estimate of drug-likeness (QED) is 0.460. The third kappa shape index (κ3) is 6.27. The second-order valence-electron chi connectivity index (χ2n) is 8.35. The van der Waals surface area contributed by atoms with Gasteiger partial charge in [0.05, 0.1) is 17.8 Å². The van der Waals surface area contributed by atoms with Crippen molar-refractivity contribution >= 4 is 29.2 Å². The Balaban J connectivity index is 1.26. The number of aromatic nitrogens is 1. The van der Waals surface area contributed by atoms with Crippen molar-refractivity contribution < 1.29 is 19.1 Å². The maximum atomic E-state index is 12.9. The Bertz CT molecular complexity index is 1210. The van der Waals surface area contributed by atoms with Gasteiger partial charge in [0.15, 0.2) is 0 Å². The fraction of sp³-hybridized carbons (Fsp3) is 0.296. The Morgan fingerprint density at radius 2 is 1.74 bits per heavy atom. The zero-order chi connectivity index (χ0) is 24.8. The van der Waals surface area contributed by atoms with E-state index < -0.39 is 0 Å². The predicted molar refractivity (Wildman–Crippen MR) is 137 cm³/mol. The highest BCUT2D eigenvalue weighted by molar-refractivity contribution is 7.09. The molecular weight excluding hydrogens is 462 g/mol. The Kier molecular flexibility index (Phi) is 7.82. The molecule has 35 heavy (non-hydrogen) atoms. The summed E-state index contributed by atoms with van der Waals surface area (Å²) in [4.78, 5) is 33.5. The normalized spacial score (nSPS) is 13.8. The number of methoxy groups -OCH3 is 1. The molecule has 0 radical (unpaired) electrons. The first-order valence-electron chi connectivity index (χ1n) is 11.5. The molecule has 0 atom stereocenters. The van der Waals surface area contributed by atoms with Crippen molar-refractivity contribution in [2.75, 3.05) is 33.3 Å². The van der Waals surface area contributed by atoms with E-state index in [4.69, 9.17) is 9.47 Å². The molecule has 4 rings (SSSR count). The number of hydrogen-bond acceptors (Lipinski definition) is 6. The number of ether oxygens (including phenoxy) is 2. The molecule has 8 heteroatoms. The zero-order valence-corrected chi connectivity index (χ0v) is 21.0. The summed E-state index contributed by atoms with van der Waals surface area (Å²) in [6.45, 7) is 6.35. The summed E-state index contributed by atoms with van der Waals surface area (Å²) in [7, 11) is 1.60. The molecule has 1 aliphatic heterocycles. The Morgan fingerprint density at radius 1 is 1.03 bits per heavy atom. The van der Waals surface area contributed by atoms with Crippen molar-refractivity contribution in [3.8, 4) is 11.5 Å². The van der Waals surface area contributed by atoms with E-state index in [0.29, 0.717) is 44.1 Å². The van der Waals surface area contributed by atoms with Gasteiger partial charge < -0.3 is 19.3 Å². The van der Waals surface area contributed by atoms with Crippen LogP contribution in [0.2, 0.25) is 0 Å². The summed E-state index contributed by atoms with van der Waals surface area (Å²) >= 11 is 1.60. The number of rotatable bonds is 7. The highest BCUT2D eigenvalue weighted by Crippen LogP contribution is 2.21. The molecule has 2 aromatic carbocycles. The van der Waals surface area contributed by atoms with Crippen molar-refractivity contribution in [2.24, 2.45) is 0 Å². The van der Waals surface area contributed by atoms with E-state index in [1.807, 2.05) is 55.6 Å². The number of aryl methyl sites for hydroxylation is 2. The van der Waals surface area contributed by atoms with Crippen molar-refractivity contribution in [2.45, 2.75) is 20.5 Å². The summed E-state index contributed by atoms with van der Waals surface area (Å²) in [6.07, 6.45) is 3.38. The van der Waals surface area contributed by atoms with Gasteiger partial charge in [-0.1, -0.05) is 18.2 Å². The van der Waals surface area contributed by atoms with Crippen LogP contribution in [-0.2, 0) is 11.4 Å². The summed E-state index contributed by atoms with van der Waals surface area (Å²) in [5.41, 5.74) is 3.42. The van der Waals surface area contributed by atoms with E-state index in [1.165, 1.54) is 0 Å². The third-order valence-corrected chi connectivity index (χ3v) is 6.71. The first-order valence-corrected chi connectivity index (χ1v) is 12.4. The van der Waals surface area contributed by atoms with Crippen LogP contribution in [0.1, 0.15) is 32.2 Å². The lowest BCUT2D eigenvalue weighted by molar-refractivity contribution is -0.127. The Hall–Kier alpha value is -3.65. The molecular formula is C27H29N3O4S. The van der Waals surface area contributed by atoms with Crippen molar-refractivity contribution in [1.82, 2.24) is 14.8 Å². The minimum absolute atomic E-state index is 0.0434. The van der Waals surface area contributed by atoms with Gasteiger partial charge in [-0.05, 0) is 55.3 Å². The summed E-state index contributed by atoms with van der Waals surface area (Å²) in [6, 6.07) is 13.1. The SMILES string of the molecule is COc1cc(C(=O)N2CCN(C(=O)/C=C/c3ccc(OCc4csc(C)n4)cc3)CC2)ccc1C. The number of hydrogen-bond donors (Lipinski definition) is 0. The lowest BCUT2D eigenvalue weighted by Crippen LogP contribution is -2.50. The highest BCUT2D eigenvalue weighted by Gasteiger charge is 2.24. The van der Waals surface area contributed by atoms with Crippen LogP contribution in [0.15, 0.2) is 53.9 Å².